The summed E-state index contributed by atoms with van der Waals surface area (Å²) in [7, 11) is 0. The summed E-state index contributed by atoms with van der Waals surface area (Å²) in [6, 6.07) is 4.70. The fraction of sp³-hybridized carbons (Fsp3) is 0.273. The minimum atomic E-state index is -1.74. The average molecular weight is 316 g/mol. The number of nitrogens with zero attached hydrogens (tertiary/aromatic N) is 3. The number of halogens is 2. The largest absolute Gasteiger partial charge is 0.381 e. The van der Waals surface area contributed by atoms with Gasteiger partial charge in [-0.05, 0) is 17.7 Å². The molecule has 4 N–H and O–H groups in total. The van der Waals surface area contributed by atoms with Crippen molar-refractivity contribution in [1.29, 1.82) is 0 Å². The summed E-state index contributed by atoms with van der Waals surface area (Å²) in [6.45, 7) is 0. The number of nitrogens with two attached hydrogens (primary N) is 2. The van der Waals surface area contributed by atoms with E-state index in [1.165, 1.54) is 6.07 Å². The van der Waals surface area contributed by atoms with Crippen molar-refractivity contribution in [3.63, 3.8) is 0 Å². The smallest absolute Gasteiger partial charge is 0.316 e. The predicted molar refractivity (Wildman–Crippen MR) is 78.0 cm³/mol. The van der Waals surface area contributed by atoms with E-state index in [-0.39, 0.29) is 12.3 Å². The normalized spacial score (nSPS) is 25.4. The summed E-state index contributed by atoms with van der Waals surface area (Å²) in [5, 5.41) is 12.2. The van der Waals surface area contributed by atoms with E-state index >= 15 is 0 Å². The van der Waals surface area contributed by atoms with Gasteiger partial charge in [0, 0.05) is 15.0 Å². The first kappa shape index (κ1) is 14.7. The van der Waals surface area contributed by atoms with Gasteiger partial charge in [-0.2, -0.15) is 0 Å². The topological polar surface area (TPSA) is 120 Å². The summed E-state index contributed by atoms with van der Waals surface area (Å²) in [5.41, 5.74) is 9.94. The molecule has 1 aromatic carbocycles. The molecular weight excluding hydrogens is 305 g/mol. The molecule has 2 rings (SSSR count). The van der Waals surface area contributed by atoms with Crippen LogP contribution in [0.2, 0.25) is 10.0 Å². The highest BCUT2D eigenvalue weighted by atomic mass is 35.5. The van der Waals surface area contributed by atoms with Crippen LogP contribution in [0.5, 0.6) is 0 Å². The molecule has 0 fully saturated rings. The maximum absolute atomic E-state index is 11.4. The number of aliphatic imine (C=N–C) groups is 2. The molecule has 1 aliphatic heterocycles. The van der Waals surface area contributed by atoms with Crippen LogP contribution in [-0.4, -0.2) is 28.8 Å². The van der Waals surface area contributed by atoms with Crippen LogP contribution in [0, 0.1) is 10.1 Å². The second-order valence-corrected chi connectivity index (χ2v) is 5.14. The minimum Gasteiger partial charge on any atom is -0.381 e. The van der Waals surface area contributed by atoms with Gasteiger partial charge in [0.1, 0.15) is 0 Å². The fourth-order valence-electron chi connectivity index (χ4n) is 1.85. The van der Waals surface area contributed by atoms with Gasteiger partial charge in [-0.3, -0.25) is 15.8 Å². The van der Waals surface area contributed by atoms with E-state index in [0.29, 0.717) is 15.6 Å². The van der Waals surface area contributed by atoms with Crippen LogP contribution < -0.4 is 11.5 Å². The molecule has 106 valence electrons. The Hall–Kier alpha value is -1.70. The molecule has 0 aliphatic carbocycles. The van der Waals surface area contributed by atoms with Crippen LogP contribution >= 0.6 is 23.2 Å². The molecule has 0 saturated carbocycles. The zero-order valence-electron chi connectivity index (χ0n) is 10.2. The lowest BCUT2D eigenvalue weighted by Gasteiger charge is -2.24. The first-order valence-corrected chi connectivity index (χ1v) is 6.33. The Morgan fingerprint density at radius 3 is 2.70 bits per heavy atom. The van der Waals surface area contributed by atoms with Crippen molar-refractivity contribution >= 4 is 35.3 Å². The third-order valence-corrected chi connectivity index (χ3v) is 3.54. The Morgan fingerprint density at radius 1 is 1.45 bits per heavy atom. The third-order valence-electron chi connectivity index (χ3n) is 2.96. The van der Waals surface area contributed by atoms with Gasteiger partial charge in [0.15, 0.2) is 12.1 Å². The molecule has 9 heteroatoms. The van der Waals surface area contributed by atoms with Crippen LogP contribution in [0.1, 0.15) is 5.56 Å². The van der Waals surface area contributed by atoms with Crippen molar-refractivity contribution in [2.75, 3.05) is 0 Å². The summed E-state index contributed by atoms with van der Waals surface area (Å²) in [6.07, 6.45) is 0.121. The molecule has 2 unspecified atom stereocenters. The Balaban J connectivity index is 2.43. The number of amidine groups is 1. The van der Waals surface area contributed by atoms with Crippen LogP contribution in [0.4, 0.5) is 0 Å². The van der Waals surface area contributed by atoms with Gasteiger partial charge in [0.05, 0.1) is 12.6 Å². The monoisotopic (exact) mass is 315 g/mol. The molecule has 0 radical (unpaired) electrons. The summed E-state index contributed by atoms with van der Waals surface area (Å²) < 4.78 is 0. The van der Waals surface area contributed by atoms with Crippen molar-refractivity contribution in [1.82, 2.24) is 0 Å². The first-order chi connectivity index (χ1) is 9.35. The minimum absolute atomic E-state index is 0.0818. The highest BCUT2D eigenvalue weighted by molar-refractivity contribution is 6.35. The zero-order chi connectivity index (χ0) is 14.9. The van der Waals surface area contributed by atoms with Crippen molar-refractivity contribution < 1.29 is 4.92 Å². The van der Waals surface area contributed by atoms with Crippen LogP contribution in [0.15, 0.2) is 28.2 Å². The SMILES string of the molecule is NC1=NC(N)N=CC1(Cc1ccc(Cl)cc1Cl)[N+](=O)[O-]. The van der Waals surface area contributed by atoms with E-state index in [0.717, 1.165) is 6.21 Å². The third kappa shape index (κ3) is 2.60. The van der Waals surface area contributed by atoms with Crippen molar-refractivity contribution in [2.45, 2.75) is 18.2 Å². The van der Waals surface area contributed by atoms with Crippen molar-refractivity contribution in [3.05, 3.63) is 43.9 Å². The maximum Gasteiger partial charge on any atom is 0.316 e. The Bertz CT molecular complexity index is 619. The average Bonchev–Trinajstić information content (AvgIpc) is 2.35. The molecule has 2 atom stereocenters. The fourth-order valence-corrected chi connectivity index (χ4v) is 2.33. The predicted octanol–water partition coefficient (Wildman–Crippen LogP) is 1.24. The number of hydrogen-bond acceptors (Lipinski definition) is 6. The highest BCUT2D eigenvalue weighted by Crippen LogP contribution is 2.27. The Kier molecular flexibility index (Phi) is 3.94. The summed E-state index contributed by atoms with van der Waals surface area (Å²) >= 11 is 11.8. The maximum atomic E-state index is 11.4. The summed E-state index contributed by atoms with van der Waals surface area (Å²) in [5.74, 6) is -0.198. The lowest BCUT2D eigenvalue weighted by atomic mass is 9.90. The van der Waals surface area contributed by atoms with Crippen molar-refractivity contribution in [3.8, 4) is 0 Å². The second-order valence-electron chi connectivity index (χ2n) is 4.30. The lowest BCUT2D eigenvalue weighted by molar-refractivity contribution is -0.524. The van der Waals surface area contributed by atoms with Crippen LogP contribution in [0.25, 0.3) is 0 Å². The van der Waals surface area contributed by atoms with Crippen LogP contribution in [-0.2, 0) is 6.42 Å². The van der Waals surface area contributed by atoms with Gasteiger partial charge < -0.3 is 5.73 Å². The molecule has 0 amide bonds. The zero-order valence-corrected chi connectivity index (χ0v) is 11.7. The Labute approximate surface area is 124 Å². The van der Waals surface area contributed by atoms with E-state index in [1.54, 1.807) is 12.1 Å². The number of nitro groups is 1. The molecule has 1 aliphatic rings. The lowest BCUT2D eigenvalue weighted by Crippen LogP contribution is -2.56. The quantitative estimate of drug-likeness (QED) is 0.643. The van der Waals surface area contributed by atoms with Gasteiger partial charge in [-0.1, -0.05) is 29.3 Å². The highest BCUT2D eigenvalue weighted by Gasteiger charge is 2.48. The second kappa shape index (κ2) is 5.35. The number of benzene rings is 1. The molecule has 0 saturated heterocycles. The van der Waals surface area contributed by atoms with E-state index in [9.17, 15) is 10.1 Å². The molecular formula is C11H11Cl2N5O2. The van der Waals surface area contributed by atoms with Gasteiger partial charge in [-0.25, -0.2) is 9.98 Å². The molecule has 0 spiro atoms. The van der Waals surface area contributed by atoms with Gasteiger partial charge >= 0.3 is 5.54 Å². The molecule has 0 aromatic heterocycles. The molecule has 1 aromatic rings. The van der Waals surface area contributed by atoms with Gasteiger partial charge in [0.2, 0.25) is 0 Å². The molecule has 1 heterocycles. The van der Waals surface area contributed by atoms with Crippen molar-refractivity contribution in [2.24, 2.45) is 21.5 Å². The number of hydrogen-bond donors (Lipinski definition) is 2. The Morgan fingerprint density at radius 2 is 2.15 bits per heavy atom. The number of rotatable bonds is 3. The van der Waals surface area contributed by atoms with E-state index in [1.807, 2.05) is 0 Å². The van der Waals surface area contributed by atoms with Gasteiger partial charge in [0.25, 0.3) is 0 Å². The van der Waals surface area contributed by atoms with E-state index < -0.39 is 16.8 Å². The molecule has 20 heavy (non-hydrogen) atoms. The first-order valence-electron chi connectivity index (χ1n) is 5.57. The molecule has 0 bridgehead atoms. The van der Waals surface area contributed by atoms with E-state index in [4.69, 9.17) is 34.7 Å². The van der Waals surface area contributed by atoms with Gasteiger partial charge in [-0.15, -0.1) is 0 Å². The standard InChI is InChI=1S/C11H11Cl2N5O2/c12-7-2-1-6(8(13)3-7)4-11(18(19)20)5-16-10(15)17-9(11)14/h1-3,5,10H,4,15H2,(H2,14,17). The van der Waals surface area contributed by atoms with E-state index in [2.05, 4.69) is 9.98 Å². The molecule has 7 nitrogen and oxygen atoms in total. The summed E-state index contributed by atoms with van der Waals surface area (Å²) in [4.78, 5) is 18.4. The van der Waals surface area contributed by atoms with Crippen LogP contribution in [0.3, 0.4) is 0 Å².